The number of aliphatic carboxylic acids is 1. The first kappa shape index (κ1) is 35.3. The van der Waals surface area contributed by atoms with Crippen LogP contribution >= 0.6 is 0 Å². The van der Waals surface area contributed by atoms with E-state index in [1.165, 1.54) is 16.9 Å². The van der Waals surface area contributed by atoms with Gasteiger partial charge in [0.05, 0.1) is 7.11 Å². The molecule has 0 aliphatic carbocycles. The van der Waals surface area contributed by atoms with Gasteiger partial charge in [-0.1, -0.05) is 72.8 Å². The highest BCUT2D eigenvalue weighted by Gasteiger charge is 2.40. The molecule has 1 heterocycles. The van der Waals surface area contributed by atoms with Gasteiger partial charge < -0.3 is 39.8 Å². The molecule has 13 heteroatoms. The van der Waals surface area contributed by atoms with Crippen LogP contribution in [0.5, 0.6) is 5.75 Å². The van der Waals surface area contributed by atoms with Crippen molar-refractivity contribution >= 4 is 30.0 Å². The zero-order valence-corrected chi connectivity index (χ0v) is 26.7. The van der Waals surface area contributed by atoms with Gasteiger partial charge in [0.15, 0.2) is 0 Å². The molecule has 4 amide bonds. The van der Waals surface area contributed by atoms with Gasteiger partial charge in [-0.15, -0.1) is 0 Å². The quantitative estimate of drug-likeness (QED) is 0.208. The van der Waals surface area contributed by atoms with E-state index in [2.05, 4.69) is 10.6 Å². The van der Waals surface area contributed by atoms with E-state index in [0.29, 0.717) is 5.75 Å². The van der Waals surface area contributed by atoms with Crippen LogP contribution in [0.3, 0.4) is 0 Å². The number of ether oxygens (including phenoxy) is 3. The Morgan fingerprint density at radius 2 is 1.44 bits per heavy atom. The third kappa shape index (κ3) is 10.7. The number of piperazine rings is 1. The van der Waals surface area contributed by atoms with Crippen molar-refractivity contribution in [3.8, 4) is 5.75 Å². The molecule has 13 nitrogen and oxygen atoms in total. The summed E-state index contributed by atoms with van der Waals surface area (Å²) in [7, 11) is 1.54. The van der Waals surface area contributed by atoms with Gasteiger partial charge >= 0.3 is 18.2 Å². The van der Waals surface area contributed by atoms with Gasteiger partial charge in [0, 0.05) is 26.1 Å². The number of hydrogen-bond acceptors (Lipinski definition) is 8. The molecule has 1 fully saturated rings. The number of rotatable bonds is 15. The number of benzene rings is 3. The van der Waals surface area contributed by atoms with Crippen molar-refractivity contribution in [2.24, 2.45) is 0 Å². The van der Waals surface area contributed by atoms with E-state index in [9.17, 15) is 29.1 Å². The van der Waals surface area contributed by atoms with Gasteiger partial charge in [-0.05, 0) is 41.7 Å². The Bertz CT molecular complexity index is 1520. The molecule has 4 rings (SSSR count). The third-order valence-corrected chi connectivity index (χ3v) is 7.73. The number of carboxylic acids is 1. The Hall–Kier alpha value is -5.59. The maximum Gasteiger partial charge on any atom is 0.408 e. The van der Waals surface area contributed by atoms with E-state index in [1.807, 2.05) is 48.5 Å². The summed E-state index contributed by atoms with van der Waals surface area (Å²) >= 11 is 0. The molecule has 1 unspecified atom stereocenters. The van der Waals surface area contributed by atoms with E-state index >= 15 is 0 Å². The number of nitrogens with zero attached hydrogens (tertiary/aromatic N) is 2. The van der Waals surface area contributed by atoms with Crippen molar-refractivity contribution in [1.29, 1.82) is 0 Å². The molecule has 254 valence electrons. The monoisotopic (exact) mass is 660 g/mol. The lowest BCUT2D eigenvalue weighted by Crippen LogP contribution is -2.63. The van der Waals surface area contributed by atoms with E-state index < -0.39 is 48.6 Å². The molecule has 1 aliphatic rings. The maximum absolute atomic E-state index is 14.1. The Morgan fingerprint density at radius 3 is 2.02 bits per heavy atom. The Kier molecular flexibility index (Phi) is 13.2. The summed E-state index contributed by atoms with van der Waals surface area (Å²) in [5.74, 6) is -1.61. The van der Waals surface area contributed by atoms with E-state index in [0.717, 1.165) is 16.7 Å². The lowest BCUT2D eigenvalue weighted by atomic mass is 10.00. The van der Waals surface area contributed by atoms with Crippen LogP contribution in [0.1, 0.15) is 29.5 Å². The minimum absolute atomic E-state index is 0.00510. The molecule has 0 radical (unpaired) electrons. The highest BCUT2D eigenvalue weighted by molar-refractivity contribution is 5.93. The van der Waals surface area contributed by atoms with Crippen molar-refractivity contribution < 1.29 is 43.3 Å². The fourth-order valence-corrected chi connectivity index (χ4v) is 5.27. The number of alkyl carbamates (subject to hydrolysis) is 2. The van der Waals surface area contributed by atoms with Crippen LogP contribution in [0.2, 0.25) is 0 Å². The highest BCUT2D eigenvalue weighted by Crippen LogP contribution is 2.20. The van der Waals surface area contributed by atoms with Gasteiger partial charge in [-0.3, -0.25) is 14.4 Å². The lowest BCUT2D eigenvalue weighted by Gasteiger charge is -2.41. The summed E-state index contributed by atoms with van der Waals surface area (Å²) in [5.41, 5.74) is 2.32. The smallest absolute Gasteiger partial charge is 0.408 e. The van der Waals surface area contributed by atoms with Crippen LogP contribution in [0.4, 0.5) is 9.59 Å². The summed E-state index contributed by atoms with van der Waals surface area (Å²) in [6.45, 7) is -0.221. The van der Waals surface area contributed by atoms with Crippen molar-refractivity contribution in [3.63, 3.8) is 0 Å². The van der Waals surface area contributed by atoms with Gasteiger partial charge in [0.2, 0.25) is 11.8 Å². The maximum atomic E-state index is 14.1. The summed E-state index contributed by atoms with van der Waals surface area (Å²) in [4.78, 5) is 66.9. The number of carboxylic acid groups (broad SMARTS) is 1. The number of carbonyl (C=O) groups is 5. The van der Waals surface area contributed by atoms with Crippen LogP contribution in [0.25, 0.3) is 0 Å². The zero-order chi connectivity index (χ0) is 34.3. The first-order valence-corrected chi connectivity index (χ1v) is 15.6. The zero-order valence-electron chi connectivity index (χ0n) is 26.7. The minimum atomic E-state index is -1.18. The average molecular weight is 661 g/mol. The van der Waals surface area contributed by atoms with Gasteiger partial charge in [-0.2, -0.15) is 0 Å². The number of nitrogens with one attached hydrogen (secondary N) is 2. The molecule has 3 aromatic carbocycles. The number of hydrogen-bond donors (Lipinski definition) is 3. The number of carbonyl (C=O) groups excluding carboxylic acids is 4. The van der Waals surface area contributed by atoms with Gasteiger partial charge in [0.1, 0.15) is 37.6 Å². The first-order chi connectivity index (χ1) is 23.2. The third-order valence-electron chi connectivity index (χ3n) is 7.73. The van der Waals surface area contributed by atoms with Gasteiger partial charge in [0.25, 0.3) is 0 Å². The molecule has 0 spiro atoms. The Morgan fingerprint density at radius 1 is 0.833 bits per heavy atom. The minimum Gasteiger partial charge on any atom is -0.497 e. The molecule has 0 aromatic heterocycles. The lowest BCUT2D eigenvalue weighted by molar-refractivity contribution is -0.156. The summed E-state index contributed by atoms with van der Waals surface area (Å²) in [5, 5.41) is 14.7. The SMILES string of the molecule is COc1ccc(CC(NC(=O)OCc2ccccc2)C(=O)N2CCN(CC(=O)O)C(=O)[C@@H]2CCCNC(=O)OCc2ccccc2)cc1. The van der Waals surface area contributed by atoms with Crippen molar-refractivity contribution in [1.82, 2.24) is 20.4 Å². The second-order valence-electron chi connectivity index (χ2n) is 11.1. The molecule has 1 aliphatic heterocycles. The van der Waals surface area contributed by atoms with E-state index in [4.69, 9.17) is 14.2 Å². The largest absolute Gasteiger partial charge is 0.497 e. The number of methoxy groups -OCH3 is 1. The molecular formula is C35H40N4O9. The molecule has 2 atom stereocenters. The fourth-order valence-electron chi connectivity index (χ4n) is 5.27. The van der Waals surface area contributed by atoms with Crippen molar-refractivity contribution in [2.45, 2.75) is 44.6 Å². The van der Waals surface area contributed by atoms with Crippen molar-refractivity contribution in [3.05, 3.63) is 102 Å². The second-order valence-corrected chi connectivity index (χ2v) is 11.1. The summed E-state index contributed by atoms with van der Waals surface area (Å²) in [6.07, 6.45) is -0.929. The highest BCUT2D eigenvalue weighted by atomic mass is 16.6. The summed E-state index contributed by atoms with van der Waals surface area (Å²) < 4.78 is 15.9. The fraction of sp³-hybridized carbons (Fsp3) is 0.343. The molecule has 3 aromatic rings. The predicted molar refractivity (Wildman–Crippen MR) is 174 cm³/mol. The predicted octanol–water partition coefficient (Wildman–Crippen LogP) is 3.36. The van der Waals surface area contributed by atoms with Crippen LogP contribution in [0.15, 0.2) is 84.9 Å². The first-order valence-electron chi connectivity index (χ1n) is 15.6. The number of amides is 4. The average Bonchev–Trinajstić information content (AvgIpc) is 3.10. The normalized spacial score (nSPS) is 14.9. The molecule has 0 saturated carbocycles. The molecule has 48 heavy (non-hydrogen) atoms. The Labute approximate surface area is 278 Å². The van der Waals surface area contributed by atoms with Crippen LogP contribution < -0.4 is 15.4 Å². The molecular weight excluding hydrogens is 620 g/mol. The topological polar surface area (TPSA) is 164 Å². The van der Waals surface area contributed by atoms with Crippen LogP contribution in [-0.2, 0) is 43.5 Å². The van der Waals surface area contributed by atoms with E-state index in [-0.39, 0.29) is 52.1 Å². The van der Waals surface area contributed by atoms with Crippen LogP contribution in [0, 0.1) is 0 Å². The molecule has 1 saturated heterocycles. The van der Waals surface area contributed by atoms with Gasteiger partial charge in [-0.25, -0.2) is 9.59 Å². The molecule has 3 N–H and O–H groups in total. The van der Waals surface area contributed by atoms with E-state index in [1.54, 1.807) is 36.4 Å². The molecule has 0 bridgehead atoms. The standard InChI is InChI=1S/C35H40N4O9/c1-46-28-16-14-25(15-17-28)21-29(37-35(45)48-24-27-11-6-3-7-12-27)32(42)39-20-19-38(22-31(40)41)33(43)30(39)13-8-18-36-34(44)47-23-26-9-4-2-5-10-26/h2-7,9-12,14-17,29-30H,8,13,18-24H2,1H3,(H,36,44)(H,37,45)(H,40,41)/t29?,30-/m0/s1. The summed E-state index contributed by atoms with van der Waals surface area (Å²) in [6, 6.07) is 23.2. The van der Waals surface area contributed by atoms with Crippen LogP contribution in [-0.4, -0.2) is 90.2 Å². The van der Waals surface area contributed by atoms with Crippen molar-refractivity contribution in [2.75, 3.05) is 33.3 Å². The Balaban J connectivity index is 1.44. The second kappa shape index (κ2) is 17.9.